The van der Waals surface area contributed by atoms with Gasteiger partial charge in [-0.2, -0.15) is 0 Å². The van der Waals surface area contributed by atoms with Crippen molar-refractivity contribution >= 4 is 50.7 Å². The molecule has 0 saturated carbocycles. The van der Waals surface area contributed by atoms with Crippen molar-refractivity contribution in [1.29, 1.82) is 0 Å². The van der Waals surface area contributed by atoms with Gasteiger partial charge in [-0.3, -0.25) is 13.9 Å². The van der Waals surface area contributed by atoms with Gasteiger partial charge < -0.3 is 10.2 Å². The first-order valence-electron chi connectivity index (χ1n) is 12.3. The quantitative estimate of drug-likeness (QED) is 0.288. The van der Waals surface area contributed by atoms with E-state index in [1.165, 1.54) is 29.2 Å². The third kappa shape index (κ3) is 7.49. The van der Waals surface area contributed by atoms with Crippen molar-refractivity contribution in [2.45, 2.75) is 44.2 Å². The summed E-state index contributed by atoms with van der Waals surface area (Å²) in [5.41, 5.74) is 0.907. The fourth-order valence-corrected chi connectivity index (χ4v) is 5.54. The third-order valence-electron chi connectivity index (χ3n) is 6.02. The molecule has 7 nitrogen and oxygen atoms in total. The molecule has 0 aliphatic heterocycles. The van der Waals surface area contributed by atoms with Gasteiger partial charge >= 0.3 is 0 Å². The molecule has 1 unspecified atom stereocenters. The van der Waals surface area contributed by atoms with Gasteiger partial charge in [0.1, 0.15) is 12.6 Å². The highest BCUT2D eigenvalue weighted by molar-refractivity contribution is 7.92. The Morgan fingerprint density at radius 1 is 0.921 bits per heavy atom. The van der Waals surface area contributed by atoms with Crippen LogP contribution in [-0.2, 0) is 26.2 Å². The zero-order valence-corrected chi connectivity index (χ0v) is 23.6. The van der Waals surface area contributed by atoms with Crippen molar-refractivity contribution in [2.24, 2.45) is 0 Å². The molecule has 202 valence electrons. The molecule has 0 fully saturated rings. The summed E-state index contributed by atoms with van der Waals surface area (Å²) in [4.78, 5) is 28.2. The summed E-state index contributed by atoms with van der Waals surface area (Å²) in [6.07, 6.45) is 1.71. The number of nitrogens with one attached hydrogen (secondary N) is 1. The first kappa shape index (κ1) is 29.5. The van der Waals surface area contributed by atoms with E-state index in [-0.39, 0.29) is 23.0 Å². The fraction of sp³-hybridized carbons (Fsp3) is 0.286. The Morgan fingerprint density at radius 3 is 2.18 bits per heavy atom. The highest BCUT2D eigenvalue weighted by Gasteiger charge is 2.32. The van der Waals surface area contributed by atoms with E-state index in [1.54, 1.807) is 61.5 Å². The van der Waals surface area contributed by atoms with Crippen LogP contribution < -0.4 is 9.62 Å². The molecule has 0 heterocycles. The zero-order valence-electron chi connectivity index (χ0n) is 21.3. The summed E-state index contributed by atoms with van der Waals surface area (Å²) in [5, 5.41) is 3.72. The molecule has 3 rings (SSSR count). The second kappa shape index (κ2) is 13.6. The number of hydrogen-bond acceptors (Lipinski definition) is 4. The number of carbonyl (C=O) groups excluding carboxylic acids is 2. The maximum absolute atomic E-state index is 13.8. The predicted molar refractivity (Wildman–Crippen MR) is 152 cm³/mol. The highest BCUT2D eigenvalue weighted by Crippen LogP contribution is 2.26. The van der Waals surface area contributed by atoms with E-state index >= 15 is 0 Å². The molecule has 3 aromatic carbocycles. The van der Waals surface area contributed by atoms with Crippen LogP contribution >= 0.6 is 23.2 Å². The molecule has 1 N–H and O–H groups in total. The molecule has 0 spiro atoms. The molecule has 0 aromatic heterocycles. The summed E-state index contributed by atoms with van der Waals surface area (Å²) < 4.78 is 28.4. The number of rotatable bonds is 12. The maximum Gasteiger partial charge on any atom is 0.264 e. The van der Waals surface area contributed by atoms with Crippen molar-refractivity contribution in [3.63, 3.8) is 0 Å². The van der Waals surface area contributed by atoms with Crippen molar-refractivity contribution in [2.75, 3.05) is 17.4 Å². The summed E-state index contributed by atoms with van der Waals surface area (Å²) in [5.74, 6) is -0.889. The smallest absolute Gasteiger partial charge is 0.264 e. The molecule has 0 saturated heterocycles. The minimum Gasteiger partial charge on any atom is -0.354 e. The highest BCUT2D eigenvalue weighted by atomic mass is 35.5. The average Bonchev–Trinajstić information content (AvgIpc) is 2.92. The number of amides is 2. The van der Waals surface area contributed by atoms with Gasteiger partial charge in [0.15, 0.2) is 0 Å². The molecule has 3 aromatic rings. The van der Waals surface area contributed by atoms with Gasteiger partial charge in [-0.25, -0.2) is 8.42 Å². The third-order valence-corrected chi connectivity index (χ3v) is 8.43. The monoisotopic (exact) mass is 575 g/mol. The molecule has 0 radical (unpaired) electrons. The first-order chi connectivity index (χ1) is 18.1. The van der Waals surface area contributed by atoms with Gasteiger partial charge in [-0.15, -0.1) is 0 Å². The molecule has 38 heavy (non-hydrogen) atoms. The standard InChI is InChI=1S/C28H31Cl2N3O4S/c1-3-4-18-31-28(35)21(2)32(19-22-10-8-9-13-26(22)30)27(34)20-33(24-16-14-23(29)15-17-24)38(36,37)25-11-6-5-7-12-25/h5-17,21H,3-4,18-20H2,1-2H3,(H,31,35). The molecule has 10 heteroatoms. The first-order valence-corrected chi connectivity index (χ1v) is 14.5. The molecular formula is C28H31Cl2N3O4S. The van der Waals surface area contributed by atoms with Gasteiger partial charge in [-0.05, 0) is 61.4 Å². The van der Waals surface area contributed by atoms with Gasteiger partial charge in [0.25, 0.3) is 10.0 Å². The Balaban J connectivity index is 1.99. The molecular weight excluding hydrogens is 545 g/mol. The van der Waals surface area contributed by atoms with Crippen LogP contribution in [0.15, 0.2) is 83.8 Å². The van der Waals surface area contributed by atoms with Gasteiger partial charge in [0, 0.05) is 23.1 Å². The van der Waals surface area contributed by atoms with E-state index < -0.39 is 28.5 Å². The second-order valence-corrected chi connectivity index (χ2v) is 11.4. The van der Waals surface area contributed by atoms with Crippen molar-refractivity contribution in [1.82, 2.24) is 10.2 Å². The number of hydrogen-bond donors (Lipinski definition) is 1. The van der Waals surface area contributed by atoms with Crippen molar-refractivity contribution < 1.29 is 18.0 Å². The van der Waals surface area contributed by atoms with Crippen LogP contribution in [0.4, 0.5) is 5.69 Å². The Bertz CT molecular complexity index is 1340. The van der Waals surface area contributed by atoms with Crippen LogP contribution in [0.3, 0.4) is 0 Å². The summed E-state index contributed by atoms with van der Waals surface area (Å²) in [6.45, 7) is 3.61. The Morgan fingerprint density at radius 2 is 1.55 bits per heavy atom. The largest absolute Gasteiger partial charge is 0.354 e. The van der Waals surface area contributed by atoms with Gasteiger partial charge in [0.2, 0.25) is 11.8 Å². The van der Waals surface area contributed by atoms with Gasteiger partial charge in [-0.1, -0.05) is 72.9 Å². The van der Waals surface area contributed by atoms with E-state index in [1.807, 2.05) is 6.92 Å². The van der Waals surface area contributed by atoms with Crippen LogP contribution in [0.1, 0.15) is 32.3 Å². The van der Waals surface area contributed by atoms with Crippen LogP contribution in [0.5, 0.6) is 0 Å². The minimum atomic E-state index is -4.12. The van der Waals surface area contributed by atoms with Crippen LogP contribution in [0.25, 0.3) is 0 Å². The zero-order chi connectivity index (χ0) is 27.7. The summed E-state index contributed by atoms with van der Waals surface area (Å²) in [7, 11) is -4.12. The topological polar surface area (TPSA) is 86.8 Å². The lowest BCUT2D eigenvalue weighted by Gasteiger charge is -2.32. The fourth-order valence-electron chi connectivity index (χ4n) is 3.78. The average molecular weight is 577 g/mol. The van der Waals surface area contributed by atoms with Crippen LogP contribution in [0.2, 0.25) is 10.0 Å². The lowest BCUT2D eigenvalue weighted by molar-refractivity contribution is -0.139. The van der Waals surface area contributed by atoms with E-state index in [0.29, 0.717) is 22.2 Å². The maximum atomic E-state index is 13.8. The predicted octanol–water partition coefficient (Wildman–Crippen LogP) is 5.52. The van der Waals surface area contributed by atoms with E-state index in [9.17, 15) is 18.0 Å². The molecule has 0 aliphatic carbocycles. The normalized spacial score (nSPS) is 12.0. The number of halogens is 2. The van der Waals surface area contributed by atoms with Crippen molar-refractivity contribution in [3.05, 3.63) is 94.5 Å². The van der Waals surface area contributed by atoms with E-state index in [4.69, 9.17) is 23.2 Å². The van der Waals surface area contributed by atoms with Crippen molar-refractivity contribution in [3.8, 4) is 0 Å². The van der Waals surface area contributed by atoms with Gasteiger partial charge in [0.05, 0.1) is 10.6 Å². The Kier molecular flexibility index (Phi) is 10.6. The molecule has 2 amide bonds. The number of carbonyl (C=O) groups is 2. The van der Waals surface area contributed by atoms with Crippen LogP contribution in [-0.4, -0.2) is 44.3 Å². The molecule has 1 atom stereocenters. The number of nitrogens with zero attached hydrogens (tertiary/aromatic N) is 2. The minimum absolute atomic E-state index is 0.0285. The van der Waals surface area contributed by atoms with E-state index in [0.717, 1.165) is 17.1 Å². The summed E-state index contributed by atoms with van der Waals surface area (Å²) in [6, 6.07) is 20.2. The van der Waals surface area contributed by atoms with Crippen LogP contribution in [0, 0.1) is 0 Å². The second-order valence-electron chi connectivity index (χ2n) is 8.73. The lowest BCUT2D eigenvalue weighted by atomic mass is 10.1. The Labute approximate surface area is 234 Å². The number of anilines is 1. The number of unbranched alkanes of at least 4 members (excludes halogenated alkanes) is 1. The SMILES string of the molecule is CCCCNC(=O)C(C)N(Cc1ccccc1Cl)C(=O)CN(c1ccc(Cl)cc1)S(=O)(=O)c1ccccc1. The lowest BCUT2D eigenvalue weighted by Crippen LogP contribution is -2.51. The number of sulfonamides is 1. The number of benzene rings is 3. The summed E-state index contributed by atoms with van der Waals surface area (Å²) >= 11 is 12.4. The Hall–Kier alpha value is -3.07. The van der Waals surface area contributed by atoms with E-state index in [2.05, 4.69) is 5.32 Å². The molecule has 0 bridgehead atoms. The molecule has 0 aliphatic rings.